The van der Waals surface area contributed by atoms with Crippen LogP contribution in [0.1, 0.15) is 0 Å². The van der Waals surface area contributed by atoms with Crippen molar-refractivity contribution in [2.75, 3.05) is 5.73 Å². The van der Waals surface area contributed by atoms with E-state index < -0.39 is 23.7 Å². The van der Waals surface area contributed by atoms with Gasteiger partial charge in [-0.2, -0.15) is 0 Å². The molecule has 0 aliphatic heterocycles. The molecule has 20 heavy (non-hydrogen) atoms. The molecule has 106 valence electrons. The largest absolute Gasteiger partial charge is 0.573 e. The summed E-state index contributed by atoms with van der Waals surface area (Å²) in [5.74, 6) is -2.26. The summed E-state index contributed by atoms with van der Waals surface area (Å²) in [4.78, 5) is 0. The first-order valence-corrected chi connectivity index (χ1v) is 5.37. The summed E-state index contributed by atoms with van der Waals surface area (Å²) in [7, 11) is 0. The number of anilines is 1. The van der Waals surface area contributed by atoms with Crippen molar-refractivity contribution in [3.63, 3.8) is 0 Å². The minimum Gasteiger partial charge on any atom is -0.406 e. The van der Waals surface area contributed by atoms with Gasteiger partial charge in [0.1, 0.15) is 17.4 Å². The fourth-order valence-electron chi connectivity index (χ4n) is 1.67. The Balaban J connectivity index is 2.48. The molecular formula is C13H8F5NO. The van der Waals surface area contributed by atoms with E-state index >= 15 is 0 Å². The standard InChI is InChI=1S/C13H8F5NO/c14-7-1-3-9(11(15)5-7)10-6-8(2-4-12(10)19)20-13(16,17)18/h1-6H,19H2. The van der Waals surface area contributed by atoms with Crippen molar-refractivity contribution in [1.29, 1.82) is 0 Å². The van der Waals surface area contributed by atoms with Gasteiger partial charge in [0.25, 0.3) is 0 Å². The second-order valence-corrected chi connectivity index (χ2v) is 3.92. The van der Waals surface area contributed by atoms with Crippen LogP contribution in [0.4, 0.5) is 27.6 Å². The van der Waals surface area contributed by atoms with Crippen LogP contribution in [0.3, 0.4) is 0 Å². The lowest BCUT2D eigenvalue weighted by atomic mass is 10.0. The third-order valence-electron chi connectivity index (χ3n) is 2.48. The van der Waals surface area contributed by atoms with Crippen molar-refractivity contribution in [2.45, 2.75) is 6.36 Å². The van der Waals surface area contributed by atoms with Crippen molar-refractivity contribution in [3.05, 3.63) is 48.0 Å². The van der Waals surface area contributed by atoms with E-state index in [2.05, 4.69) is 4.74 Å². The molecule has 0 aromatic heterocycles. The van der Waals surface area contributed by atoms with Gasteiger partial charge in [0.05, 0.1) is 0 Å². The Morgan fingerprint density at radius 3 is 2.20 bits per heavy atom. The molecule has 0 spiro atoms. The molecule has 2 nitrogen and oxygen atoms in total. The van der Waals surface area contributed by atoms with E-state index in [9.17, 15) is 22.0 Å². The monoisotopic (exact) mass is 289 g/mol. The highest BCUT2D eigenvalue weighted by molar-refractivity contribution is 5.78. The number of halogens is 5. The average molecular weight is 289 g/mol. The fourth-order valence-corrected chi connectivity index (χ4v) is 1.67. The zero-order chi connectivity index (χ0) is 14.9. The summed E-state index contributed by atoms with van der Waals surface area (Å²) in [5, 5.41) is 0. The van der Waals surface area contributed by atoms with Gasteiger partial charge in [-0.25, -0.2) is 8.78 Å². The van der Waals surface area contributed by atoms with Crippen molar-refractivity contribution in [3.8, 4) is 16.9 Å². The van der Waals surface area contributed by atoms with E-state index in [0.29, 0.717) is 6.07 Å². The van der Waals surface area contributed by atoms with Gasteiger partial charge in [0.15, 0.2) is 0 Å². The van der Waals surface area contributed by atoms with Gasteiger partial charge in [0, 0.05) is 22.9 Å². The van der Waals surface area contributed by atoms with Crippen LogP contribution in [0, 0.1) is 11.6 Å². The molecule has 0 unspecified atom stereocenters. The van der Waals surface area contributed by atoms with E-state index in [4.69, 9.17) is 5.73 Å². The summed E-state index contributed by atoms with van der Waals surface area (Å²) < 4.78 is 66.6. The lowest BCUT2D eigenvalue weighted by Crippen LogP contribution is -2.17. The molecule has 0 bridgehead atoms. The predicted molar refractivity (Wildman–Crippen MR) is 62.9 cm³/mol. The zero-order valence-electron chi connectivity index (χ0n) is 9.84. The van der Waals surface area contributed by atoms with Crippen LogP contribution < -0.4 is 10.5 Å². The predicted octanol–water partition coefficient (Wildman–Crippen LogP) is 4.11. The molecule has 0 amide bonds. The number of benzene rings is 2. The van der Waals surface area contributed by atoms with Gasteiger partial charge < -0.3 is 10.5 Å². The number of hydrogen-bond donors (Lipinski definition) is 1. The summed E-state index contributed by atoms with van der Waals surface area (Å²) in [6, 6.07) is 5.79. The first-order valence-electron chi connectivity index (χ1n) is 5.37. The number of alkyl halides is 3. The maximum atomic E-state index is 13.6. The number of rotatable bonds is 2. The van der Waals surface area contributed by atoms with Crippen molar-refractivity contribution in [2.24, 2.45) is 0 Å². The molecule has 0 heterocycles. The summed E-state index contributed by atoms with van der Waals surface area (Å²) in [6.45, 7) is 0. The first kappa shape index (κ1) is 14.1. The van der Waals surface area contributed by atoms with Crippen molar-refractivity contribution < 1.29 is 26.7 Å². The van der Waals surface area contributed by atoms with Gasteiger partial charge in [0.2, 0.25) is 0 Å². The molecule has 2 N–H and O–H groups in total. The highest BCUT2D eigenvalue weighted by Crippen LogP contribution is 2.33. The number of nitrogens with two attached hydrogens (primary N) is 1. The highest BCUT2D eigenvalue weighted by atomic mass is 19.4. The maximum Gasteiger partial charge on any atom is 0.573 e. The molecule has 2 aromatic rings. The molecule has 7 heteroatoms. The second-order valence-electron chi connectivity index (χ2n) is 3.92. The van der Waals surface area contributed by atoms with Crippen molar-refractivity contribution in [1.82, 2.24) is 0 Å². The van der Waals surface area contributed by atoms with Gasteiger partial charge in [-0.3, -0.25) is 0 Å². The topological polar surface area (TPSA) is 35.2 Å². The number of nitrogen functional groups attached to an aromatic ring is 1. The smallest absolute Gasteiger partial charge is 0.406 e. The molecule has 0 aliphatic carbocycles. The van der Waals surface area contributed by atoms with Crippen LogP contribution in [0.25, 0.3) is 11.1 Å². The summed E-state index contributed by atoms with van der Waals surface area (Å²) in [6.07, 6.45) is -4.87. The second kappa shape index (κ2) is 4.99. The van der Waals surface area contributed by atoms with Gasteiger partial charge >= 0.3 is 6.36 Å². The molecule has 0 saturated carbocycles. The van der Waals surface area contributed by atoms with E-state index in [1.165, 1.54) is 0 Å². The Kier molecular flexibility index (Phi) is 3.52. The Hall–Kier alpha value is -2.31. The van der Waals surface area contributed by atoms with Crippen LogP contribution in [0.5, 0.6) is 5.75 Å². The van der Waals surface area contributed by atoms with Crippen LogP contribution in [0.2, 0.25) is 0 Å². The molecule has 0 saturated heterocycles. The quantitative estimate of drug-likeness (QED) is 0.667. The van der Waals surface area contributed by atoms with Gasteiger partial charge in [-0.05, 0) is 30.3 Å². The Morgan fingerprint density at radius 2 is 1.60 bits per heavy atom. The first-order chi connectivity index (χ1) is 9.26. The fraction of sp³-hybridized carbons (Fsp3) is 0.0769. The van der Waals surface area contributed by atoms with Crippen LogP contribution in [0.15, 0.2) is 36.4 Å². The molecule has 0 radical (unpaired) electrons. The van der Waals surface area contributed by atoms with Crippen LogP contribution in [-0.4, -0.2) is 6.36 Å². The van der Waals surface area contributed by atoms with Crippen LogP contribution >= 0.6 is 0 Å². The normalized spacial score (nSPS) is 11.4. The van der Waals surface area contributed by atoms with Gasteiger partial charge in [-0.1, -0.05) is 0 Å². The Labute approximate surface area is 110 Å². The maximum absolute atomic E-state index is 13.6. The summed E-state index contributed by atoms with van der Waals surface area (Å²) in [5.41, 5.74) is 5.52. The molecule has 0 aliphatic rings. The lowest BCUT2D eigenvalue weighted by molar-refractivity contribution is -0.274. The average Bonchev–Trinajstić information content (AvgIpc) is 2.30. The molecule has 2 aromatic carbocycles. The lowest BCUT2D eigenvalue weighted by Gasteiger charge is -2.12. The Morgan fingerprint density at radius 1 is 0.900 bits per heavy atom. The molecule has 2 rings (SSSR count). The van der Waals surface area contributed by atoms with E-state index in [-0.39, 0.29) is 16.8 Å². The molecule has 0 atom stereocenters. The van der Waals surface area contributed by atoms with Crippen LogP contribution in [-0.2, 0) is 0 Å². The Bertz CT molecular complexity index is 639. The third-order valence-corrected chi connectivity index (χ3v) is 2.48. The minimum absolute atomic E-state index is 0.00995. The molecule has 0 fully saturated rings. The number of ether oxygens (including phenoxy) is 1. The van der Waals surface area contributed by atoms with E-state index in [1.54, 1.807) is 0 Å². The third kappa shape index (κ3) is 3.17. The minimum atomic E-state index is -4.87. The number of hydrogen-bond acceptors (Lipinski definition) is 2. The molecular weight excluding hydrogens is 281 g/mol. The highest BCUT2D eigenvalue weighted by Gasteiger charge is 2.31. The summed E-state index contributed by atoms with van der Waals surface area (Å²) >= 11 is 0. The van der Waals surface area contributed by atoms with E-state index in [0.717, 1.165) is 30.3 Å². The zero-order valence-corrected chi connectivity index (χ0v) is 9.84. The SMILES string of the molecule is Nc1ccc(OC(F)(F)F)cc1-c1ccc(F)cc1F. The van der Waals surface area contributed by atoms with E-state index in [1.807, 2.05) is 0 Å². The van der Waals surface area contributed by atoms with Crippen molar-refractivity contribution >= 4 is 5.69 Å². The van der Waals surface area contributed by atoms with Gasteiger partial charge in [-0.15, -0.1) is 13.2 Å².